The van der Waals surface area contributed by atoms with Gasteiger partial charge in [-0.05, 0) is 44.6 Å². The van der Waals surface area contributed by atoms with Crippen LogP contribution in [-0.4, -0.2) is 72.6 Å². The highest BCUT2D eigenvalue weighted by atomic mass is 32.2. The van der Waals surface area contributed by atoms with Crippen LogP contribution < -0.4 is 4.74 Å². The molecule has 2 aliphatic rings. The van der Waals surface area contributed by atoms with Gasteiger partial charge in [-0.2, -0.15) is 13.2 Å². The Morgan fingerprint density at radius 2 is 2.00 bits per heavy atom. The van der Waals surface area contributed by atoms with Crippen molar-refractivity contribution in [2.45, 2.75) is 44.4 Å². The molecule has 3 heterocycles. The van der Waals surface area contributed by atoms with E-state index in [0.29, 0.717) is 31.5 Å². The Kier molecular flexibility index (Phi) is 8.66. The van der Waals surface area contributed by atoms with Gasteiger partial charge in [0.15, 0.2) is 0 Å². The first-order chi connectivity index (χ1) is 14.5. The molecule has 1 N–H and O–H groups in total. The lowest BCUT2D eigenvalue weighted by Crippen LogP contribution is -2.49. The Bertz CT molecular complexity index is 812. The molecular formula is C19H27F3N2O6S. The third-order valence-electron chi connectivity index (χ3n) is 5.52. The first-order valence-electron chi connectivity index (χ1n) is 9.96. The molecule has 8 nitrogen and oxygen atoms in total. The molecule has 0 aromatic carbocycles. The highest BCUT2D eigenvalue weighted by Gasteiger charge is 2.47. The van der Waals surface area contributed by atoms with Crippen molar-refractivity contribution in [3.63, 3.8) is 0 Å². The molecule has 2 fully saturated rings. The fourth-order valence-electron chi connectivity index (χ4n) is 3.81. The summed E-state index contributed by atoms with van der Waals surface area (Å²) in [4.78, 5) is 13.1. The van der Waals surface area contributed by atoms with E-state index in [0.717, 1.165) is 32.3 Å². The summed E-state index contributed by atoms with van der Waals surface area (Å²) in [5, 5.41) is 7.12. The lowest BCUT2D eigenvalue weighted by molar-refractivity contribution is -0.192. The first kappa shape index (κ1) is 25.3. The van der Waals surface area contributed by atoms with Crippen LogP contribution in [0.1, 0.15) is 32.6 Å². The van der Waals surface area contributed by atoms with Crippen LogP contribution in [0.25, 0.3) is 0 Å². The van der Waals surface area contributed by atoms with Gasteiger partial charge in [-0.3, -0.25) is 0 Å². The van der Waals surface area contributed by atoms with Crippen molar-refractivity contribution in [1.82, 2.24) is 9.29 Å². The minimum atomic E-state index is -5.08. The van der Waals surface area contributed by atoms with E-state index in [9.17, 15) is 21.6 Å². The van der Waals surface area contributed by atoms with Gasteiger partial charge in [-0.1, -0.05) is 6.07 Å². The molecule has 12 heteroatoms. The number of carbonyl (C=O) groups is 1. The van der Waals surface area contributed by atoms with E-state index in [2.05, 4.69) is 4.98 Å². The SMILES string of the molecule is CCS(=O)(=O)N1CCC2(CC1)OCCC2CCOc1ccccn1.O=C(O)C(F)(F)F. The number of rotatable bonds is 6. The van der Waals surface area contributed by atoms with Crippen molar-refractivity contribution in [3.05, 3.63) is 24.4 Å². The van der Waals surface area contributed by atoms with Gasteiger partial charge in [0.05, 0.1) is 18.0 Å². The molecule has 176 valence electrons. The zero-order chi connectivity index (χ0) is 23.1. The monoisotopic (exact) mass is 468 g/mol. The zero-order valence-electron chi connectivity index (χ0n) is 17.2. The Balaban J connectivity index is 0.000000423. The van der Waals surface area contributed by atoms with Gasteiger partial charge < -0.3 is 14.6 Å². The number of halogens is 3. The molecule has 0 radical (unpaired) electrons. The predicted molar refractivity (Wildman–Crippen MR) is 105 cm³/mol. The van der Waals surface area contributed by atoms with E-state index in [1.807, 2.05) is 18.2 Å². The van der Waals surface area contributed by atoms with E-state index in [1.54, 1.807) is 17.4 Å². The number of carboxylic acid groups (broad SMARTS) is 1. The molecule has 1 aromatic rings. The summed E-state index contributed by atoms with van der Waals surface area (Å²) < 4.78 is 69.2. The molecule has 2 aliphatic heterocycles. The molecule has 1 spiro atoms. The van der Waals surface area contributed by atoms with E-state index in [4.69, 9.17) is 19.4 Å². The van der Waals surface area contributed by atoms with Crippen molar-refractivity contribution in [1.29, 1.82) is 0 Å². The van der Waals surface area contributed by atoms with Crippen LogP contribution in [0.2, 0.25) is 0 Å². The maximum Gasteiger partial charge on any atom is 0.490 e. The average molecular weight is 468 g/mol. The fraction of sp³-hybridized carbons (Fsp3) is 0.684. The summed E-state index contributed by atoms with van der Waals surface area (Å²) in [5.74, 6) is -1.52. The number of carboxylic acids is 1. The average Bonchev–Trinajstić information content (AvgIpc) is 3.10. The number of pyridine rings is 1. The Morgan fingerprint density at radius 3 is 2.52 bits per heavy atom. The third kappa shape index (κ3) is 7.04. The Morgan fingerprint density at radius 1 is 1.35 bits per heavy atom. The molecule has 3 rings (SSSR count). The molecule has 1 unspecified atom stereocenters. The Hall–Kier alpha value is -1.92. The number of aromatic nitrogens is 1. The van der Waals surface area contributed by atoms with Gasteiger partial charge >= 0.3 is 12.1 Å². The van der Waals surface area contributed by atoms with Gasteiger partial charge in [0, 0.05) is 32.0 Å². The van der Waals surface area contributed by atoms with E-state index >= 15 is 0 Å². The van der Waals surface area contributed by atoms with Crippen molar-refractivity contribution in [3.8, 4) is 5.88 Å². The first-order valence-corrected chi connectivity index (χ1v) is 11.6. The molecule has 0 aliphatic carbocycles. The van der Waals surface area contributed by atoms with Gasteiger partial charge in [0.2, 0.25) is 15.9 Å². The summed E-state index contributed by atoms with van der Waals surface area (Å²) in [6, 6.07) is 5.63. The third-order valence-corrected chi connectivity index (χ3v) is 7.40. The molecule has 1 aromatic heterocycles. The summed E-state index contributed by atoms with van der Waals surface area (Å²) in [5.41, 5.74) is -0.173. The van der Waals surface area contributed by atoms with Crippen molar-refractivity contribution in [2.75, 3.05) is 32.1 Å². The number of aliphatic carboxylic acids is 1. The van der Waals surface area contributed by atoms with E-state index in [1.165, 1.54) is 0 Å². The second-order valence-corrected chi connectivity index (χ2v) is 9.56. The summed E-state index contributed by atoms with van der Waals surface area (Å²) >= 11 is 0. The van der Waals surface area contributed by atoms with Crippen LogP contribution >= 0.6 is 0 Å². The van der Waals surface area contributed by atoms with E-state index < -0.39 is 22.2 Å². The largest absolute Gasteiger partial charge is 0.490 e. The summed E-state index contributed by atoms with van der Waals surface area (Å²) in [6.07, 6.45) is 0.129. The highest BCUT2D eigenvalue weighted by molar-refractivity contribution is 7.89. The summed E-state index contributed by atoms with van der Waals surface area (Å²) in [6.45, 7) is 4.20. The summed E-state index contributed by atoms with van der Waals surface area (Å²) in [7, 11) is -3.09. The van der Waals surface area contributed by atoms with Crippen molar-refractivity contribution >= 4 is 16.0 Å². The fourth-order valence-corrected chi connectivity index (χ4v) is 4.91. The standard InChI is InChI=1S/C17H26N2O4S.C2HF3O2/c1-2-24(20,21)19-11-8-17(9-12-19)15(7-14-23-17)6-13-22-16-5-3-4-10-18-16;3-2(4,5)1(6)7/h3-5,10,15H,2,6-9,11-14H2,1H3;(H,6,7). The second kappa shape index (κ2) is 10.6. The number of alkyl halides is 3. The smallest absolute Gasteiger partial charge is 0.478 e. The van der Waals surface area contributed by atoms with Gasteiger partial charge in [0.1, 0.15) is 0 Å². The molecule has 0 bridgehead atoms. The van der Waals surface area contributed by atoms with Gasteiger partial charge in [-0.25, -0.2) is 22.5 Å². The van der Waals surface area contributed by atoms with Gasteiger partial charge in [0.25, 0.3) is 0 Å². The number of nitrogens with zero attached hydrogens (tertiary/aromatic N) is 2. The van der Waals surface area contributed by atoms with Crippen LogP contribution in [0.5, 0.6) is 5.88 Å². The molecule has 0 saturated carbocycles. The lowest BCUT2D eigenvalue weighted by Gasteiger charge is -2.41. The second-order valence-electron chi connectivity index (χ2n) is 7.31. The van der Waals surface area contributed by atoms with Crippen LogP contribution in [0.4, 0.5) is 13.2 Å². The number of piperidine rings is 1. The predicted octanol–water partition coefficient (Wildman–Crippen LogP) is 2.70. The minimum Gasteiger partial charge on any atom is -0.478 e. The topological polar surface area (TPSA) is 106 Å². The van der Waals surface area contributed by atoms with Crippen molar-refractivity contribution in [2.24, 2.45) is 5.92 Å². The number of ether oxygens (including phenoxy) is 2. The van der Waals surface area contributed by atoms with Crippen LogP contribution in [0, 0.1) is 5.92 Å². The van der Waals surface area contributed by atoms with Crippen LogP contribution in [0.15, 0.2) is 24.4 Å². The molecule has 2 saturated heterocycles. The van der Waals surface area contributed by atoms with Crippen LogP contribution in [-0.2, 0) is 19.6 Å². The zero-order valence-corrected chi connectivity index (χ0v) is 18.0. The number of hydrogen-bond donors (Lipinski definition) is 1. The van der Waals surface area contributed by atoms with E-state index in [-0.39, 0.29) is 11.4 Å². The number of sulfonamides is 1. The molecular weight excluding hydrogens is 441 g/mol. The van der Waals surface area contributed by atoms with Crippen molar-refractivity contribution < 1.29 is 41.0 Å². The number of hydrogen-bond acceptors (Lipinski definition) is 6. The van der Waals surface area contributed by atoms with Crippen LogP contribution in [0.3, 0.4) is 0 Å². The molecule has 31 heavy (non-hydrogen) atoms. The molecule has 0 amide bonds. The minimum absolute atomic E-state index is 0.169. The van der Waals surface area contributed by atoms with Gasteiger partial charge in [-0.15, -0.1) is 0 Å². The normalized spacial score (nSPS) is 21.4. The highest BCUT2D eigenvalue weighted by Crippen LogP contribution is 2.42. The maximum absolute atomic E-state index is 12.0. The molecule has 1 atom stereocenters. The maximum atomic E-state index is 12.0. The quantitative estimate of drug-likeness (QED) is 0.684. The Labute approximate surface area is 179 Å². The lowest BCUT2D eigenvalue weighted by atomic mass is 9.78.